The highest BCUT2D eigenvalue weighted by Gasteiger charge is 2.07. The molecule has 0 bridgehead atoms. The molecule has 92 valence electrons. The number of amides is 1. The normalized spacial score (nSPS) is 10.1. The maximum atomic E-state index is 11.9. The number of nitrogens with two attached hydrogens (primary N) is 1. The first kappa shape index (κ1) is 12.4. The Morgan fingerprint density at radius 2 is 2.11 bits per heavy atom. The van der Waals surface area contributed by atoms with Crippen LogP contribution in [0.5, 0.6) is 0 Å². The van der Waals surface area contributed by atoms with Crippen LogP contribution in [0.4, 0.5) is 11.5 Å². The number of rotatable bonds is 2. The number of aromatic nitrogens is 1. The van der Waals surface area contributed by atoms with Gasteiger partial charge in [0.25, 0.3) is 5.91 Å². The highest BCUT2D eigenvalue weighted by atomic mass is 35.5. The Morgan fingerprint density at radius 1 is 1.33 bits per heavy atom. The van der Waals surface area contributed by atoms with Gasteiger partial charge in [0.2, 0.25) is 0 Å². The Balaban J connectivity index is 2.16. The van der Waals surface area contributed by atoms with E-state index in [1.165, 1.54) is 6.20 Å². The number of aryl methyl sites for hydroxylation is 1. The fourth-order valence-electron chi connectivity index (χ4n) is 1.46. The second kappa shape index (κ2) is 5.06. The van der Waals surface area contributed by atoms with Gasteiger partial charge in [0.1, 0.15) is 5.82 Å². The van der Waals surface area contributed by atoms with Crippen molar-refractivity contribution < 1.29 is 4.79 Å². The van der Waals surface area contributed by atoms with Crippen molar-refractivity contribution in [1.29, 1.82) is 0 Å². The summed E-state index contributed by atoms with van der Waals surface area (Å²) in [5, 5.41) is 3.21. The van der Waals surface area contributed by atoms with E-state index in [-0.39, 0.29) is 5.91 Å². The maximum absolute atomic E-state index is 11.9. The van der Waals surface area contributed by atoms with Gasteiger partial charge in [-0.3, -0.25) is 4.79 Å². The predicted octanol–water partition coefficient (Wildman–Crippen LogP) is 2.88. The van der Waals surface area contributed by atoms with Crippen molar-refractivity contribution in [1.82, 2.24) is 4.98 Å². The van der Waals surface area contributed by atoms with Crippen molar-refractivity contribution in [2.75, 3.05) is 11.1 Å². The molecule has 4 nitrogen and oxygen atoms in total. The van der Waals surface area contributed by atoms with E-state index in [0.29, 0.717) is 22.1 Å². The van der Waals surface area contributed by atoms with E-state index in [2.05, 4.69) is 10.3 Å². The third-order valence-electron chi connectivity index (χ3n) is 2.50. The molecule has 0 unspecified atom stereocenters. The van der Waals surface area contributed by atoms with Gasteiger partial charge in [0, 0.05) is 17.4 Å². The monoisotopic (exact) mass is 261 g/mol. The van der Waals surface area contributed by atoms with Gasteiger partial charge in [0.15, 0.2) is 0 Å². The molecule has 0 aliphatic carbocycles. The Kier molecular flexibility index (Phi) is 3.48. The molecule has 1 aromatic carbocycles. The zero-order valence-corrected chi connectivity index (χ0v) is 10.5. The van der Waals surface area contributed by atoms with Crippen molar-refractivity contribution in [3.05, 3.63) is 52.7 Å². The van der Waals surface area contributed by atoms with Crippen molar-refractivity contribution in [3.63, 3.8) is 0 Å². The summed E-state index contributed by atoms with van der Waals surface area (Å²) in [4.78, 5) is 15.9. The van der Waals surface area contributed by atoms with Crippen LogP contribution in [0, 0.1) is 6.92 Å². The van der Waals surface area contributed by atoms with Crippen molar-refractivity contribution in [2.24, 2.45) is 0 Å². The Hall–Kier alpha value is -2.07. The van der Waals surface area contributed by atoms with Crippen LogP contribution in [0.1, 0.15) is 15.9 Å². The van der Waals surface area contributed by atoms with Crippen LogP contribution in [-0.4, -0.2) is 10.9 Å². The number of carbonyl (C=O) groups excluding carboxylic acids is 1. The average molecular weight is 262 g/mol. The van der Waals surface area contributed by atoms with Gasteiger partial charge in [-0.2, -0.15) is 0 Å². The van der Waals surface area contributed by atoms with Gasteiger partial charge in [0.05, 0.1) is 5.02 Å². The first-order chi connectivity index (χ1) is 8.56. The maximum Gasteiger partial charge on any atom is 0.256 e. The lowest BCUT2D eigenvalue weighted by Gasteiger charge is -2.06. The van der Waals surface area contributed by atoms with Crippen molar-refractivity contribution in [3.8, 4) is 0 Å². The minimum Gasteiger partial charge on any atom is -0.399 e. The number of hydrogen-bond donors (Lipinski definition) is 2. The van der Waals surface area contributed by atoms with E-state index in [1.54, 1.807) is 30.3 Å². The van der Waals surface area contributed by atoms with Crippen LogP contribution in [0.15, 0.2) is 36.5 Å². The molecule has 0 saturated carbocycles. The number of pyridine rings is 1. The summed E-state index contributed by atoms with van der Waals surface area (Å²) in [6.45, 7) is 1.85. The first-order valence-corrected chi connectivity index (χ1v) is 5.73. The predicted molar refractivity (Wildman–Crippen MR) is 72.8 cm³/mol. The van der Waals surface area contributed by atoms with Crippen molar-refractivity contribution in [2.45, 2.75) is 6.92 Å². The highest BCUT2D eigenvalue weighted by molar-refractivity contribution is 6.30. The molecule has 0 fully saturated rings. The number of halogens is 1. The second-order valence-corrected chi connectivity index (χ2v) is 4.32. The molecule has 1 amide bonds. The Labute approximate surface area is 110 Å². The van der Waals surface area contributed by atoms with Crippen LogP contribution in [-0.2, 0) is 0 Å². The number of anilines is 2. The van der Waals surface area contributed by atoms with Gasteiger partial charge >= 0.3 is 0 Å². The average Bonchev–Trinajstić information content (AvgIpc) is 2.35. The van der Waals surface area contributed by atoms with Crippen LogP contribution in [0.3, 0.4) is 0 Å². The standard InChI is InChI=1S/C13H12ClN3O/c1-8-6-9(2-4-11(8)15)13(18)17-12-5-3-10(14)7-16-12/h2-7H,15H2,1H3,(H,16,17,18). The fourth-order valence-corrected chi connectivity index (χ4v) is 1.57. The molecule has 0 atom stereocenters. The zero-order valence-electron chi connectivity index (χ0n) is 9.77. The molecule has 0 aliphatic rings. The van der Waals surface area contributed by atoms with E-state index in [4.69, 9.17) is 17.3 Å². The quantitative estimate of drug-likeness (QED) is 0.817. The molecule has 1 aromatic heterocycles. The van der Waals surface area contributed by atoms with E-state index >= 15 is 0 Å². The molecule has 0 spiro atoms. The van der Waals surface area contributed by atoms with Crippen LogP contribution in [0.25, 0.3) is 0 Å². The van der Waals surface area contributed by atoms with Crippen LogP contribution in [0.2, 0.25) is 5.02 Å². The first-order valence-electron chi connectivity index (χ1n) is 5.35. The van der Waals surface area contributed by atoms with Crippen molar-refractivity contribution >= 4 is 29.0 Å². The molecule has 0 saturated heterocycles. The lowest BCUT2D eigenvalue weighted by atomic mass is 10.1. The molecule has 5 heteroatoms. The summed E-state index contributed by atoms with van der Waals surface area (Å²) >= 11 is 5.71. The lowest BCUT2D eigenvalue weighted by Crippen LogP contribution is -2.13. The summed E-state index contributed by atoms with van der Waals surface area (Å²) in [7, 11) is 0. The van der Waals surface area contributed by atoms with Gasteiger partial charge in [-0.1, -0.05) is 11.6 Å². The SMILES string of the molecule is Cc1cc(C(=O)Nc2ccc(Cl)cn2)ccc1N. The number of benzene rings is 1. The number of nitrogens with one attached hydrogen (secondary N) is 1. The zero-order chi connectivity index (χ0) is 13.1. The third kappa shape index (κ3) is 2.78. The molecule has 18 heavy (non-hydrogen) atoms. The Bertz CT molecular complexity index is 581. The lowest BCUT2D eigenvalue weighted by molar-refractivity contribution is 0.102. The third-order valence-corrected chi connectivity index (χ3v) is 2.72. The smallest absolute Gasteiger partial charge is 0.256 e. The second-order valence-electron chi connectivity index (χ2n) is 3.89. The summed E-state index contributed by atoms with van der Waals surface area (Å²) in [5.41, 5.74) is 7.77. The summed E-state index contributed by atoms with van der Waals surface area (Å²) in [6, 6.07) is 8.43. The fraction of sp³-hybridized carbons (Fsp3) is 0.0769. The number of nitrogen functional groups attached to an aromatic ring is 1. The molecular weight excluding hydrogens is 250 g/mol. The highest BCUT2D eigenvalue weighted by Crippen LogP contribution is 2.15. The molecule has 0 aliphatic heterocycles. The van der Waals surface area contributed by atoms with Crippen LogP contribution >= 0.6 is 11.6 Å². The molecular formula is C13H12ClN3O. The summed E-state index contributed by atoms with van der Waals surface area (Å²) in [5.74, 6) is 0.229. The van der Waals surface area contributed by atoms with Gasteiger partial charge in [-0.15, -0.1) is 0 Å². The van der Waals surface area contributed by atoms with E-state index in [9.17, 15) is 4.79 Å². The molecule has 3 N–H and O–H groups in total. The molecule has 0 radical (unpaired) electrons. The number of nitrogens with zero attached hydrogens (tertiary/aromatic N) is 1. The molecule has 2 rings (SSSR count). The van der Waals surface area contributed by atoms with Gasteiger partial charge in [-0.25, -0.2) is 4.98 Å². The van der Waals surface area contributed by atoms with E-state index in [0.717, 1.165) is 5.56 Å². The molecule has 2 aromatic rings. The van der Waals surface area contributed by atoms with Gasteiger partial charge < -0.3 is 11.1 Å². The topological polar surface area (TPSA) is 68.0 Å². The van der Waals surface area contributed by atoms with E-state index < -0.39 is 0 Å². The number of carbonyl (C=O) groups is 1. The minimum atomic E-state index is -0.229. The Morgan fingerprint density at radius 3 is 2.72 bits per heavy atom. The summed E-state index contributed by atoms with van der Waals surface area (Å²) < 4.78 is 0. The van der Waals surface area contributed by atoms with Crippen LogP contribution < -0.4 is 11.1 Å². The summed E-state index contributed by atoms with van der Waals surface area (Å²) in [6.07, 6.45) is 1.48. The van der Waals surface area contributed by atoms with Gasteiger partial charge in [-0.05, 0) is 42.8 Å². The largest absolute Gasteiger partial charge is 0.399 e. The molecule has 1 heterocycles. The van der Waals surface area contributed by atoms with E-state index in [1.807, 2.05) is 6.92 Å². The minimum absolute atomic E-state index is 0.229. The number of hydrogen-bond acceptors (Lipinski definition) is 3.